The highest BCUT2D eigenvalue weighted by Crippen LogP contribution is 2.21. The third kappa shape index (κ3) is 9.47. The van der Waals surface area contributed by atoms with Gasteiger partial charge in [0.25, 0.3) is 0 Å². The van der Waals surface area contributed by atoms with Crippen molar-refractivity contribution < 1.29 is 34.5 Å². The van der Waals surface area contributed by atoms with E-state index in [0.29, 0.717) is 49.6 Å². The van der Waals surface area contributed by atoms with E-state index in [-0.39, 0.29) is 36.8 Å². The number of rotatable bonds is 14. The highest BCUT2D eigenvalue weighted by molar-refractivity contribution is 5.94. The predicted molar refractivity (Wildman–Crippen MR) is 154 cm³/mol. The summed E-state index contributed by atoms with van der Waals surface area (Å²) in [7, 11) is 0. The Kier molecular flexibility index (Phi) is 11.7. The van der Waals surface area contributed by atoms with Crippen molar-refractivity contribution >= 4 is 30.0 Å². The van der Waals surface area contributed by atoms with Gasteiger partial charge in [0.2, 0.25) is 17.7 Å². The van der Waals surface area contributed by atoms with Gasteiger partial charge in [0, 0.05) is 25.9 Å². The van der Waals surface area contributed by atoms with Gasteiger partial charge in [0.1, 0.15) is 36.0 Å². The number of guanidine groups is 1. The second-order valence-electron chi connectivity index (χ2n) is 10.2. The number of amides is 3. The lowest BCUT2D eigenvalue weighted by Gasteiger charge is -2.30. The van der Waals surface area contributed by atoms with Crippen LogP contribution in [0.2, 0.25) is 0 Å². The quantitative estimate of drug-likeness (QED) is 0.0657. The monoisotopic (exact) mass is 582 g/mol. The van der Waals surface area contributed by atoms with E-state index in [0.717, 1.165) is 0 Å². The highest BCUT2D eigenvalue weighted by Gasteiger charge is 2.38. The van der Waals surface area contributed by atoms with Gasteiger partial charge in [-0.1, -0.05) is 24.3 Å². The maximum absolute atomic E-state index is 13.8. The van der Waals surface area contributed by atoms with Gasteiger partial charge >= 0.3 is 0 Å². The maximum atomic E-state index is 13.8. The Hall–Kier alpha value is -4.65. The molecule has 0 saturated carbocycles. The molecule has 2 aromatic carbocycles. The second kappa shape index (κ2) is 15.4. The number of likely N-dealkylation sites (tertiary alicyclic amines) is 1. The van der Waals surface area contributed by atoms with Crippen LogP contribution in [0.25, 0.3) is 0 Å². The van der Waals surface area contributed by atoms with Gasteiger partial charge in [0.15, 0.2) is 5.96 Å². The topological polar surface area (TPSA) is 221 Å². The summed E-state index contributed by atoms with van der Waals surface area (Å²) in [5, 5.41) is 35.0. The Bertz CT molecular complexity index is 1250. The summed E-state index contributed by atoms with van der Waals surface area (Å²) in [5.74, 6) is -1.75. The average Bonchev–Trinajstić information content (AvgIpc) is 3.46. The standard InChI is InChI=1S/C29H38N6O7/c30-29(31)32-13-1-3-20(17-36)33-26(40)24-4-2-14-35(24)28(42)23(15-18-5-9-21(37)10-6-18)34-27(41)25(39)16-19-7-11-22(38)12-8-19/h5-12,17,20,23-25,37-39H,1-4,13-16H2,(H,33,40)(H,34,41)(H4,30,31,32)/t20-,23-,24-,25+/m0/s1. The lowest BCUT2D eigenvalue weighted by molar-refractivity contribution is -0.142. The maximum Gasteiger partial charge on any atom is 0.249 e. The molecule has 3 rings (SSSR count). The fourth-order valence-electron chi connectivity index (χ4n) is 4.76. The summed E-state index contributed by atoms with van der Waals surface area (Å²) in [6.45, 7) is 0.568. The number of nitrogens with zero attached hydrogens (tertiary/aromatic N) is 2. The van der Waals surface area contributed by atoms with E-state index in [4.69, 9.17) is 11.5 Å². The second-order valence-corrected chi connectivity index (χ2v) is 10.2. The Morgan fingerprint density at radius 1 is 0.976 bits per heavy atom. The van der Waals surface area contributed by atoms with E-state index < -0.39 is 42.0 Å². The van der Waals surface area contributed by atoms with Crippen LogP contribution >= 0.6 is 0 Å². The van der Waals surface area contributed by atoms with Crippen molar-refractivity contribution in [1.29, 1.82) is 0 Å². The minimum atomic E-state index is -1.48. The molecule has 3 amide bonds. The van der Waals surface area contributed by atoms with Gasteiger partial charge < -0.3 is 47.1 Å². The molecular formula is C29H38N6O7. The predicted octanol–water partition coefficient (Wildman–Crippen LogP) is -0.543. The Balaban J connectivity index is 1.71. The average molecular weight is 583 g/mol. The molecule has 2 aromatic rings. The summed E-state index contributed by atoms with van der Waals surface area (Å²) >= 11 is 0. The van der Waals surface area contributed by atoms with Crippen molar-refractivity contribution in [3.05, 3.63) is 59.7 Å². The smallest absolute Gasteiger partial charge is 0.249 e. The number of phenolic OH excluding ortho intramolecular Hbond substituents is 2. The molecule has 1 heterocycles. The van der Waals surface area contributed by atoms with Gasteiger partial charge in [0.05, 0.1) is 6.04 Å². The molecule has 1 aliphatic heterocycles. The highest BCUT2D eigenvalue weighted by atomic mass is 16.3. The molecule has 0 bridgehead atoms. The molecule has 42 heavy (non-hydrogen) atoms. The molecule has 4 atom stereocenters. The number of aliphatic hydroxyl groups excluding tert-OH is 1. The van der Waals surface area contributed by atoms with Crippen LogP contribution in [0.4, 0.5) is 0 Å². The molecule has 0 aliphatic carbocycles. The van der Waals surface area contributed by atoms with Crippen LogP contribution in [0, 0.1) is 0 Å². The Labute approximate surface area is 243 Å². The van der Waals surface area contributed by atoms with Crippen molar-refractivity contribution in [1.82, 2.24) is 15.5 Å². The number of nitrogens with one attached hydrogen (secondary N) is 2. The molecule has 1 aliphatic rings. The van der Waals surface area contributed by atoms with Crippen LogP contribution in [0.1, 0.15) is 36.8 Å². The first-order valence-electron chi connectivity index (χ1n) is 13.7. The number of aliphatic hydroxyl groups is 1. The SMILES string of the molecule is NC(N)=NCCC[C@@H](C=O)NC(=O)[C@@H]1CCCN1C(=O)[C@H](Cc1ccc(O)cc1)NC(=O)[C@H](O)Cc1ccc(O)cc1. The summed E-state index contributed by atoms with van der Waals surface area (Å²) in [4.78, 5) is 56.7. The van der Waals surface area contributed by atoms with Gasteiger partial charge in [-0.3, -0.25) is 19.4 Å². The lowest BCUT2D eigenvalue weighted by atomic mass is 10.0. The van der Waals surface area contributed by atoms with E-state index in [1.807, 2.05) is 0 Å². The molecule has 1 saturated heterocycles. The Morgan fingerprint density at radius 3 is 2.14 bits per heavy atom. The Morgan fingerprint density at radius 2 is 1.57 bits per heavy atom. The van der Waals surface area contributed by atoms with Gasteiger partial charge in [-0.15, -0.1) is 0 Å². The zero-order valence-corrected chi connectivity index (χ0v) is 23.2. The van der Waals surface area contributed by atoms with Crippen LogP contribution in [0.15, 0.2) is 53.5 Å². The molecule has 0 aromatic heterocycles. The normalized spacial score (nSPS) is 16.6. The first kappa shape index (κ1) is 31.9. The molecule has 13 nitrogen and oxygen atoms in total. The summed E-state index contributed by atoms with van der Waals surface area (Å²) in [6.07, 6.45) is 0.838. The first-order chi connectivity index (χ1) is 20.1. The van der Waals surface area contributed by atoms with Crippen molar-refractivity contribution in [3.8, 4) is 11.5 Å². The fraction of sp³-hybridized carbons (Fsp3) is 0.414. The largest absolute Gasteiger partial charge is 0.508 e. The number of aromatic hydroxyl groups is 2. The lowest BCUT2D eigenvalue weighted by Crippen LogP contribution is -2.56. The number of hydrogen-bond donors (Lipinski definition) is 7. The van der Waals surface area contributed by atoms with Crippen molar-refractivity contribution in [2.45, 2.75) is 62.8 Å². The van der Waals surface area contributed by atoms with E-state index in [1.54, 1.807) is 24.3 Å². The molecule has 0 radical (unpaired) electrons. The van der Waals surface area contributed by atoms with Crippen molar-refractivity contribution in [2.24, 2.45) is 16.5 Å². The summed E-state index contributed by atoms with van der Waals surface area (Å²) in [6, 6.07) is 9.41. The van der Waals surface area contributed by atoms with E-state index in [2.05, 4.69) is 15.6 Å². The summed E-state index contributed by atoms with van der Waals surface area (Å²) in [5.41, 5.74) is 11.9. The third-order valence-electron chi connectivity index (χ3n) is 6.96. The van der Waals surface area contributed by atoms with Crippen LogP contribution in [0.5, 0.6) is 11.5 Å². The van der Waals surface area contributed by atoms with Crippen molar-refractivity contribution in [2.75, 3.05) is 13.1 Å². The molecule has 0 spiro atoms. The molecule has 9 N–H and O–H groups in total. The fourth-order valence-corrected chi connectivity index (χ4v) is 4.76. The number of hydrogen-bond acceptors (Lipinski definition) is 8. The third-order valence-corrected chi connectivity index (χ3v) is 6.96. The zero-order valence-electron chi connectivity index (χ0n) is 23.2. The molecule has 1 fully saturated rings. The van der Waals surface area contributed by atoms with Crippen LogP contribution in [-0.2, 0) is 32.0 Å². The van der Waals surface area contributed by atoms with Gasteiger partial charge in [-0.2, -0.15) is 0 Å². The van der Waals surface area contributed by atoms with Crippen molar-refractivity contribution in [3.63, 3.8) is 0 Å². The van der Waals surface area contributed by atoms with E-state index in [9.17, 15) is 34.5 Å². The van der Waals surface area contributed by atoms with Crippen LogP contribution in [-0.4, -0.2) is 87.5 Å². The van der Waals surface area contributed by atoms with E-state index in [1.165, 1.54) is 29.2 Å². The van der Waals surface area contributed by atoms with Crippen LogP contribution in [0.3, 0.4) is 0 Å². The number of benzene rings is 2. The molecule has 0 unspecified atom stereocenters. The number of carbonyl (C=O) groups excluding carboxylic acids is 4. The first-order valence-corrected chi connectivity index (χ1v) is 13.7. The number of nitrogens with two attached hydrogens (primary N) is 2. The summed E-state index contributed by atoms with van der Waals surface area (Å²) < 4.78 is 0. The minimum absolute atomic E-state index is 0.0364. The number of carbonyl (C=O) groups is 4. The molecule has 13 heteroatoms. The van der Waals surface area contributed by atoms with E-state index >= 15 is 0 Å². The van der Waals surface area contributed by atoms with Crippen LogP contribution < -0.4 is 22.1 Å². The van der Waals surface area contributed by atoms with Gasteiger partial charge in [-0.25, -0.2) is 0 Å². The molecule has 226 valence electrons. The van der Waals surface area contributed by atoms with Gasteiger partial charge in [-0.05, 0) is 61.1 Å². The number of aldehydes is 1. The minimum Gasteiger partial charge on any atom is -0.508 e. The number of phenols is 2. The molecular weight excluding hydrogens is 544 g/mol. The zero-order chi connectivity index (χ0) is 30.6. The number of aliphatic imine (C=N–C) groups is 1.